The standard InChI is InChI=1S/C12H22BrN3/c1-6-14-10(7-12(2,3)4)11-9(13)8-15-16(11)5/h8,10,14H,6-7H2,1-5H3. The summed E-state index contributed by atoms with van der Waals surface area (Å²) in [4.78, 5) is 0. The van der Waals surface area contributed by atoms with E-state index in [1.54, 1.807) is 0 Å². The Balaban J connectivity index is 2.93. The summed E-state index contributed by atoms with van der Waals surface area (Å²) in [7, 11) is 1.99. The third kappa shape index (κ3) is 3.59. The van der Waals surface area contributed by atoms with E-state index in [0.29, 0.717) is 11.5 Å². The molecule has 1 atom stereocenters. The van der Waals surface area contributed by atoms with Crippen LogP contribution in [0.2, 0.25) is 0 Å². The Kier molecular flexibility index (Phi) is 4.56. The van der Waals surface area contributed by atoms with Gasteiger partial charge in [0.1, 0.15) is 0 Å². The van der Waals surface area contributed by atoms with Crippen molar-refractivity contribution in [3.05, 3.63) is 16.4 Å². The first-order valence-electron chi connectivity index (χ1n) is 5.76. The molecule has 0 amide bonds. The number of rotatable bonds is 4. The maximum absolute atomic E-state index is 4.28. The van der Waals surface area contributed by atoms with Crippen molar-refractivity contribution in [2.75, 3.05) is 6.54 Å². The smallest absolute Gasteiger partial charge is 0.0692 e. The van der Waals surface area contributed by atoms with Crippen LogP contribution in [0.4, 0.5) is 0 Å². The molecule has 16 heavy (non-hydrogen) atoms. The van der Waals surface area contributed by atoms with Crippen LogP contribution >= 0.6 is 15.9 Å². The number of hydrogen-bond donors (Lipinski definition) is 1. The Labute approximate surface area is 107 Å². The molecule has 0 aromatic carbocycles. The summed E-state index contributed by atoms with van der Waals surface area (Å²) in [5, 5.41) is 7.81. The Bertz CT molecular complexity index is 319. The summed E-state index contributed by atoms with van der Waals surface area (Å²) in [6.45, 7) is 9.91. The second-order valence-corrected chi connectivity index (χ2v) is 6.23. The highest BCUT2D eigenvalue weighted by molar-refractivity contribution is 9.10. The molecule has 0 radical (unpaired) electrons. The molecule has 3 nitrogen and oxygen atoms in total. The molecule has 0 bridgehead atoms. The van der Waals surface area contributed by atoms with Crippen LogP contribution < -0.4 is 5.32 Å². The number of hydrogen-bond acceptors (Lipinski definition) is 2. The van der Waals surface area contributed by atoms with Gasteiger partial charge in [0.05, 0.1) is 22.4 Å². The zero-order valence-electron chi connectivity index (χ0n) is 10.8. The molecule has 1 rings (SSSR count). The number of halogens is 1. The number of aromatic nitrogens is 2. The van der Waals surface area contributed by atoms with Gasteiger partial charge in [-0.2, -0.15) is 5.10 Å². The lowest BCUT2D eigenvalue weighted by Crippen LogP contribution is -2.27. The monoisotopic (exact) mass is 287 g/mol. The van der Waals surface area contributed by atoms with Crippen molar-refractivity contribution in [3.8, 4) is 0 Å². The topological polar surface area (TPSA) is 29.9 Å². The second kappa shape index (κ2) is 5.32. The van der Waals surface area contributed by atoms with Crippen LogP contribution in [0.1, 0.15) is 45.9 Å². The van der Waals surface area contributed by atoms with Gasteiger partial charge >= 0.3 is 0 Å². The van der Waals surface area contributed by atoms with E-state index in [1.165, 1.54) is 5.69 Å². The Morgan fingerprint density at radius 2 is 2.12 bits per heavy atom. The van der Waals surface area contributed by atoms with Crippen LogP contribution in [0.15, 0.2) is 10.7 Å². The third-order valence-electron chi connectivity index (χ3n) is 2.53. The lowest BCUT2D eigenvalue weighted by atomic mass is 9.87. The molecule has 0 saturated heterocycles. The summed E-state index contributed by atoms with van der Waals surface area (Å²) < 4.78 is 3.04. The van der Waals surface area contributed by atoms with Crippen LogP contribution in [0.25, 0.3) is 0 Å². The first-order chi connectivity index (χ1) is 7.35. The van der Waals surface area contributed by atoms with Gasteiger partial charge in [0.15, 0.2) is 0 Å². The molecule has 0 aliphatic rings. The van der Waals surface area contributed by atoms with E-state index in [4.69, 9.17) is 0 Å². The van der Waals surface area contributed by atoms with Crippen molar-refractivity contribution in [2.24, 2.45) is 12.5 Å². The molecule has 4 heteroatoms. The van der Waals surface area contributed by atoms with Gasteiger partial charge in [-0.1, -0.05) is 27.7 Å². The number of nitrogens with one attached hydrogen (secondary N) is 1. The van der Waals surface area contributed by atoms with E-state index in [1.807, 2.05) is 17.9 Å². The summed E-state index contributed by atoms with van der Waals surface area (Å²) in [5.74, 6) is 0. The molecule has 1 aromatic heterocycles. The average Bonchev–Trinajstić information content (AvgIpc) is 2.43. The predicted molar refractivity (Wildman–Crippen MR) is 71.4 cm³/mol. The lowest BCUT2D eigenvalue weighted by Gasteiger charge is -2.27. The normalized spacial score (nSPS) is 14.1. The SMILES string of the molecule is CCNC(CC(C)(C)C)c1c(Br)cnn1C. The van der Waals surface area contributed by atoms with Gasteiger partial charge in [-0.15, -0.1) is 0 Å². The summed E-state index contributed by atoms with van der Waals surface area (Å²) >= 11 is 3.57. The fourth-order valence-electron chi connectivity index (χ4n) is 1.94. The maximum atomic E-state index is 4.28. The Hall–Kier alpha value is -0.350. The molecule has 1 N–H and O–H groups in total. The summed E-state index contributed by atoms with van der Waals surface area (Å²) in [6.07, 6.45) is 2.96. The van der Waals surface area contributed by atoms with Gasteiger partial charge in [-0.05, 0) is 34.3 Å². The van der Waals surface area contributed by atoms with Crippen LogP contribution in [0.3, 0.4) is 0 Å². The molecule has 0 saturated carbocycles. The Morgan fingerprint density at radius 1 is 1.50 bits per heavy atom. The van der Waals surface area contributed by atoms with E-state index in [2.05, 4.69) is 54.0 Å². The van der Waals surface area contributed by atoms with Crippen LogP contribution in [-0.2, 0) is 7.05 Å². The number of aryl methyl sites for hydroxylation is 1. The van der Waals surface area contributed by atoms with Crippen molar-refractivity contribution in [2.45, 2.75) is 40.2 Å². The van der Waals surface area contributed by atoms with Gasteiger partial charge < -0.3 is 5.32 Å². The van der Waals surface area contributed by atoms with Crippen molar-refractivity contribution < 1.29 is 0 Å². The lowest BCUT2D eigenvalue weighted by molar-refractivity contribution is 0.305. The van der Waals surface area contributed by atoms with Gasteiger partial charge in [-0.3, -0.25) is 4.68 Å². The minimum Gasteiger partial charge on any atom is -0.309 e. The predicted octanol–water partition coefficient (Wildman–Crippen LogP) is 3.27. The van der Waals surface area contributed by atoms with Crippen LogP contribution in [0, 0.1) is 5.41 Å². The molecule has 0 spiro atoms. The third-order valence-corrected chi connectivity index (χ3v) is 3.15. The minimum atomic E-state index is 0.302. The molecule has 92 valence electrons. The molecule has 0 aliphatic carbocycles. The zero-order chi connectivity index (χ0) is 12.3. The summed E-state index contributed by atoms with van der Waals surface area (Å²) in [5.41, 5.74) is 1.54. The first kappa shape index (κ1) is 13.7. The van der Waals surface area contributed by atoms with E-state index < -0.39 is 0 Å². The van der Waals surface area contributed by atoms with Gasteiger partial charge in [0, 0.05) is 7.05 Å². The highest BCUT2D eigenvalue weighted by Crippen LogP contribution is 2.32. The van der Waals surface area contributed by atoms with E-state index >= 15 is 0 Å². The highest BCUT2D eigenvalue weighted by atomic mass is 79.9. The quantitative estimate of drug-likeness (QED) is 0.921. The molecular formula is C12H22BrN3. The van der Waals surface area contributed by atoms with Crippen LogP contribution in [-0.4, -0.2) is 16.3 Å². The fourth-order valence-corrected chi connectivity index (χ4v) is 2.56. The molecule has 1 unspecified atom stereocenters. The van der Waals surface area contributed by atoms with Crippen molar-refractivity contribution in [3.63, 3.8) is 0 Å². The average molecular weight is 288 g/mol. The largest absolute Gasteiger partial charge is 0.309 e. The van der Waals surface area contributed by atoms with E-state index in [-0.39, 0.29) is 0 Å². The zero-order valence-corrected chi connectivity index (χ0v) is 12.4. The highest BCUT2D eigenvalue weighted by Gasteiger charge is 2.23. The summed E-state index contributed by atoms with van der Waals surface area (Å²) in [6, 6.07) is 0.354. The van der Waals surface area contributed by atoms with E-state index in [9.17, 15) is 0 Å². The van der Waals surface area contributed by atoms with Crippen LogP contribution in [0.5, 0.6) is 0 Å². The van der Waals surface area contributed by atoms with Crippen molar-refractivity contribution in [1.82, 2.24) is 15.1 Å². The van der Waals surface area contributed by atoms with Gasteiger partial charge in [0.2, 0.25) is 0 Å². The Morgan fingerprint density at radius 3 is 2.50 bits per heavy atom. The van der Waals surface area contributed by atoms with E-state index in [0.717, 1.165) is 17.4 Å². The molecule has 0 fully saturated rings. The molecular weight excluding hydrogens is 266 g/mol. The van der Waals surface area contributed by atoms with Gasteiger partial charge in [-0.25, -0.2) is 0 Å². The molecule has 1 heterocycles. The first-order valence-corrected chi connectivity index (χ1v) is 6.55. The maximum Gasteiger partial charge on any atom is 0.0692 e. The molecule has 1 aromatic rings. The minimum absolute atomic E-state index is 0.302. The second-order valence-electron chi connectivity index (χ2n) is 5.38. The molecule has 0 aliphatic heterocycles. The van der Waals surface area contributed by atoms with Crippen molar-refractivity contribution >= 4 is 15.9 Å². The number of nitrogens with zero attached hydrogens (tertiary/aromatic N) is 2. The fraction of sp³-hybridized carbons (Fsp3) is 0.750. The van der Waals surface area contributed by atoms with Crippen molar-refractivity contribution in [1.29, 1.82) is 0 Å². The van der Waals surface area contributed by atoms with Gasteiger partial charge in [0.25, 0.3) is 0 Å².